The van der Waals surface area contributed by atoms with Gasteiger partial charge in [0.25, 0.3) is 0 Å². The van der Waals surface area contributed by atoms with Crippen LogP contribution in [-0.2, 0) is 12.8 Å². The van der Waals surface area contributed by atoms with Gasteiger partial charge in [0.1, 0.15) is 5.76 Å². The fourth-order valence-corrected chi connectivity index (χ4v) is 4.60. The Bertz CT molecular complexity index is 382. The van der Waals surface area contributed by atoms with Gasteiger partial charge in [-0.05, 0) is 35.1 Å². The Kier molecular flexibility index (Phi) is 2.81. The molecule has 0 saturated carbocycles. The number of aryl methyl sites for hydroxylation is 1. The number of furan rings is 1. The molecule has 0 aliphatic heterocycles. The van der Waals surface area contributed by atoms with Gasteiger partial charge in [-0.1, -0.05) is 33.9 Å². The Morgan fingerprint density at radius 3 is 2.38 bits per heavy atom. The highest BCUT2D eigenvalue weighted by Crippen LogP contribution is 2.37. The predicted octanol–water partition coefficient (Wildman–Crippen LogP) is 3.87. The van der Waals surface area contributed by atoms with Crippen molar-refractivity contribution in [1.82, 2.24) is 0 Å². The zero-order valence-electron chi connectivity index (χ0n) is 11.3. The Balaban J connectivity index is 2.45. The van der Waals surface area contributed by atoms with Gasteiger partial charge in [0, 0.05) is 6.42 Å². The molecule has 1 aromatic rings. The van der Waals surface area contributed by atoms with Crippen LogP contribution in [-0.4, -0.2) is 8.07 Å². The minimum absolute atomic E-state index is 0.405. The molecule has 0 amide bonds. The van der Waals surface area contributed by atoms with Crippen molar-refractivity contribution >= 4 is 13.3 Å². The Morgan fingerprint density at radius 1 is 1.12 bits per heavy atom. The van der Waals surface area contributed by atoms with Crippen LogP contribution in [0.1, 0.15) is 44.9 Å². The van der Waals surface area contributed by atoms with E-state index < -0.39 is 8.07 Å². The van der Waals surface area contributed by atoms with Gasteiger partial charge in [-0.3, -0.25) is 0 Å². The first kappa shape index (κ1) is 12.0. The van der Waals surface area contributed by atoms with E-state index in [-0.39, 0.29) is 0 Å². The molecule has 0 unspecified atom stereocenters. The maximum absolute atomic E-state index is 5.80. The lowest BCUT2D eigenvalue weighted by Gasteiger charge is -2.37. The standard InChI is InChI=1S/C14H24OSi/c1-14(2,3)16(4,5)13-10-15-12-9-7-6-8-11(12)13/h10H,6-9H2,1-5H3. The normalized spacial score (nSPS) is 17.3. The summed E-state index contributed by atoms with van der Waals surface area (Å²) < 4.78 is 5.80. The lowest BCUT2D eigenvalue weighted by Crippen LogP contribution is -2.50. The summed E-state index contributed by atoms with van der Waals surface area (Å²) >= 11 is 0. The largest absolute Gasteiger partial charge is 0.469 e. The van der Waals surface area contributed by atoms with Crippen molar-refractivity contribution in [3.05, 3.63) is 17.6 Å². The molecular formula is C14H24OSi. The van der Waals surface area contributed by atoms with Gasteiger partial charge in [0.2, 0.25) is 0 Å². The first-order chi connectivity index (χ1) is 7.34. The van der Waals surface area contributed by atoms with E-state index >= 15 is 0 Å². The molecule has 2 rings (SSSR count). The van der Waals surface area contributed by atoms with Crippen LogP contribution >= 0.6 is 0 Å². The van der Waals surface area contributed by atoms with Crippen LogP contribution in [0.2, 0.25) is 18.1 Å². The second-order valence-electron chi connectivity index (χ2n) is 6.63. The van der Waals surface area contributed by atoms with E-state index in [1.807, 2.05) is 0 Å². The maximum atomic E-state index is 5.80. The molecule has 0 atom stereocenters. The van der Waals surface area contributed by atoms with Gasteiger partial charge >= 0.3 is 0 Å². The summed E-state index contributed by atoms with van der Waals surface area (Å²) in [5.41, 5.74) is 1.57. The minimum Gasteiger partial charge on any atom is -0.469 e. The molecule has 0 aromatic carbocycles. The smallest absolute Gasteiger partial charge is 0.106 e. The van der Waals surface area contributed by atoms with E-state index in [0.29, 0.717) is 5.04 Å². The van der Waals surface area contributed by atoms with Crippen molar-refractivity contribution in [2.75, 3.05) is 0 Å². The molecule has 0 spiro atoms. The molecule has 1 aliphatic rings. The molecule has 2 heteroatoms. The summed E-state index contributed by atoms with van der Waals surface area (Å²) in [5.74, 6) is 1.28. The third kappa shape index (κ3) is 1.77. The van der Waals surface area contributed by atoms with E-state index in [1.54, 1.807) is 10.8 Å². The van der Waals surface area contributed by atoms with Crippen LogP contribution in [0, 0.1) is 0 Å². The highest BCUT2D eigenvalue weighted by molar-refractivity contribution is 6.92. The van der Waals surface area contributed by atoms with Crippen molar-refractivity contribution < 1.29 is 4.42 Å². The third-order valence-electron chi connectivity index (χ3n) is 4.61. The average molecular weight is 236 g/mol. The molecule has 1 aliphatic carbocycles. The lowest BCUT2D eigenvalue weighted by molar-refractivity contribution is 0.478. The van der Waals surface area contributed by atoms with E-state index in [9.17, 15) is 0 Å². The van der Waals surface area contributed by atoms with Crippen LogP contribution in [0.4, 0.5) is 0 Å². The SMILES string of the molecule is CC(C)(C)[Si](C)(C)c1coc2c1CCCC2. The summed E-state index contributed by atoms with van der Waals surface area (Å²) in [6, 6.07) is 0. The number of hydrogen-bond acceptors (Lipinski definition) is 1. The van der Waals surface area contributed by atoms with Gasteiger partial charge < -0.3 is 4.42 Å². The summed E-state index contributed by atoms with van der Waals surface area (Å²) in [4.78, 5) is 0. The summed E-state index contributed by atoms with van der Waals surface area (Å²) in [5, 5.41) is 1.98. The molecule has 0 bridgehead atoms. The summed E-state index contributed by atoms with van der Waals surface area (Å²) in [6.07, 6.45) is 7.12. The highest BCUT2D eigenvalue weighted by Gasteiger charge is 2.40. The van der Waals surface area contributed by atoms with Crippen LogP contribution in [0.5, 0.6) is 0 Å². The molecule has 1 nitrogen and oxygen atoms in total. The fraction of sp³-hybridized carbons (Fsp3) is 0.714. The topological polar surface area (TPSA) is 13.1 Å². The van der Waals surface area contributed by atoms with Crippen molar-refractivity contribution in [3.8, 4) is 0 Å². The highest BCUT2D eigenvalue weighted by atomic mass is 28.3. The lowest BCUT2D eigenvalue weighted by atomic mass is 9.99. The molecule has 16 heavy (non-hydrogen) atoms. The molecule has 0 fully saturated rings. The number of fused-ring (bicyclic) bond motifs is 1. The average Bonchev–Trinajstić information content (AvgIpc) is 2.59. The second kappa shape index (κ2) is 3.76. The Morgan fingerprint density at radius 2 is 1.75 bits per heavy atom. The molecule has 0 saturated heterocycles. The molecule has 1 heterocycles. The zero-order valence-corrected chi connectivity index (χ0v) is 12.3. The minimum atomic E-state index is -1.40. The van der Waals surface area contributed by atoms with Crippen molar-refractivity contribution in [3.63, 3.8) is 0 Å². The van der Waals surface area contributed by atoms with Gasteiger partial charge in [-0.2, -0.15) is 0 Å². The van der Waals surface area contributed by atoms with E-state index in [0.717, 1.165) is 6.42 Å². The van der Waals surface area contributed by atoms with E-state index in [1.165, 1.54) is 25.0 Å². The summed E-state index contributed by atoms with van der Waals surface area (Å²) in [6.45, 7) is 12.1. The molecule has 0 radical (unpaired) electrons. The van der Waals surface area contributed by atoms with Crippen LogP contribution in [0.15, 0.2) is 10.7 Å². The van der Waals surface area contributed by atoms with E-state index in [2.05, 4.69) is 40.1 Å². The zero-order chi connectivity index (χ0) is 12.0. The van der Waals surface area contributed by atoms with Crippen molar-refractivity contribution in [2.45, 2.75) is 64.6 Å². The van der Waals surface area contributed by atoms with Crippen molar-refractivity contribution in [1.29, 1.82) is 0 Å². The van der Waals surface area contributed by atoms with Crippen LogP contribution < -0.4 is 5.19 Å². The number of rotatable bonds is 1. The fourth-order valence-electron chi connectivity index (χ4n) is 2.42. The molecule has 0 N–H and O–H groups in total. The first-order valence-corrected chi connectivity index (χ1v) is 9.44. The second-order valence-corrected chi connectivity index (χ2v) is 11.9. The van der Waals surface area contributed by atoms with Crippen molar-refractivity contribution in [2.24, 2.45) is 0 Å². The van der Waals surface area contributed by atoms with Gasteiger partial charge in [0.05, 0.1) is 14.3 Å². The summed E-state index contributed by atoms with van der Waals surface area (Å²) in [7, 11) is -1.40. The molecule has 1 aromatic heterocycles. The quantitative estimate of drug-likeness (QED) is 0.675. The Hall–Kier alpha value is -0.503. The Labute approximate surface area is 100 Å². The first-order valence-electron chi connectivity index (χ1n) is 6.44. The van der Waals surface area contributed by atoms with Gasteiger partial charge in [-0.15, -0.1) is 0 Å². The van der Waals surface area contributed by atoms with Crippen LogP contribution in [0.3, 0.4) is 0 Å². The van der Waals surface area contributed by atoms with E-state index in [4.69, 9.17) is 4.42 Å². The molecular weight excluding hydrogens is 212 g/mol. The van der Waals surface area contributed by atoms with Crippen LogP contribution in [0.25, 0.3) is 0 Å². The third-order valence-corrected chi connectivity index (χ3v) is 10.1. The maximum Gasteiger partial charge on any atom is 0.106 e. The van der Waals surface area contributed by atoms with Gasteiger partial charge in [0.15, 0.2) is 0 Å². The number of hydrogen-bond donors (Lipinski definition) is 0. The monoisotopic (exact) mass is 236 g/mol. The van der Waals surface area contributed by atoms with Gasteiger partial charge in [-0.25, -0.2) is 0 Å². The molecule has 90 valence electrons. The predicted molar refractivity (Wildman–Crippen MR) is 72.2 cm³/mol.